The van der Waals surface area contributed by atoms with Gasteiger partial charge in [0, 0.05) is 6.54 Å². The fourth-order valence-corrected chi connectivity index (χ4v) is 4.12. The molecule has 0 radical (unpaired) electrons. The molecule has 0 amide bonds. The molecule has 11 heteroatoms. The van der Waals surface area contributed by atoms with Gasteiger partial charge in [-0.05, 0) is 37.6 Å². The van der Waals surface area contributed by atoms with Crippen LogP contribution in [0.1, 0.15) is 51.0 Å². The second-order valence-electron chi connectivity index (χ2n) is 10.6. The van der Waals surface area contributed by atoms with E-state index in [-0.39, 0.29) is 0 Å². The van der Waals surface area contributed by atoms with Gasteiger partial charge in [-0.15, -0.1) is 0 Å². The largest absolute Gasteiger partial charge is 0.491 e. The van der Waals surface area contributed by atoms with Gasteiger partial charge in [-0.1, -0.05) is 51.2 Å². The van der Waals surface area contributed by atoms with Crippen LogP contribution in [0.4, 0.5) is 0 Å². The Morgan fingerprint density at radius 3 is 1.15 bits per heavy atom. The van der Waals surface area contributed by atoms with Gasteiger partial charge in [0.15, 0.2) is 0 Å². The Balaban J connectivity index is 1.70. The van der Waals surface area contributed by atoms with Crippen molar-refractivity contribution in [2.45, 2.75) is 51.9 Å². The van der Waals surface area contributed by atoms with E-state index in [4.69, 9.17) is 47.4 Å². The number of hydrogen-bond donors (Lipinski definition) is 1. The van der Waals surface area contributed by atoms with Crippen molar-refractivity contribution in [3.8, 4) is 5.75 Å². The molecule has 0 spiro atoms. The number of benzene rings is 1. The van der Waals surface area contributed by atoms with E-state index in [9.17, 15) is 0 Å². The van der Waals surface area contributed by atoms with Gasteiger partial charge in [0.25, 0.3) is 0 Å². The van der Waals surface area contributed by atoms with Gasteiger partial charge >= 0.3 is 0 Å². The van der Waals surface area contributed by atoms with E-state index in [1.54, 1.807) is 0 Å². The molecule has 1 aromatic rings. The Hall–Kier alpha value is -1.38. The second-order valence-corrected chi connectivity index (χ2v) is 10.6. The lowest BCUT2D eigenvalue weighted by molar-refractivity contribution is -0.0253. The van der Waals surface area contributed by atoms with Gasteiger partial charge in [0.05, 0.1) is 119 Å². The maximum atomic E-state index is 5.77. The third kappa shape index (κ3) is 31.2. The molecule has 1 N–H and O–H groups in total. The molecule has 0 heterocycles. The molecular formula is C35H65NO10. The highest BCUT2D eigenvalue weighted by Gasteiger charge is 1.99. The molecule has 0 atom stereocenters. The topological polar surface area (TPSA) is 104 Å². The van der Waals surface area contributed by atoms with Crippen molar-refractivity contribution in [3.63, 3.8) is 0 Å². The summed E-state index contributed by atoms with van der Waals surface area (Å²) in [6.07, 6.45) is 9.10. The van der Waals surface area contributed by atoms with Crippen molar-refractivity contribution >= 4 is 0 Å². The van der Waals surface area contributed by atoms with Crippen LogP contribution >= 0.6 is 0 Å². The lowest BCUT2D eigenvalue weighted by Gasteiger charge is -2.09. The Morgan fingerprint density at radius 1 is 0.413 bits per heavy atom. The predicted molar refractivity (Wildman–Crippen MR) is 180 cm³/mol. The molecule has 0 unspecified atom stereocenters. The zero-order chi connectivity index (χ0) is 32.9. The number of unbranched alkanes of at least 4 members (excludes halogenated alkanes) is 5. The van der Waals surface area contributed by atoms with E-state index in [1.807, 2.05) is 7.05 Å². The average molecular weight is 660 g/mol. The number of ether oxygens (including phenoxy) is 10. The number of hydrogen-bond acceptors (Lipinski definition) is 11. The van der Waals surface area contributed by atoms with Crippen molar-refractivity contribution < 1.29 is 47.4 Å². The summed E-state index contributed by atoms with van der Waals surface area (Å²) in [5.74, 6) is 0.888. The van der Waals surface area contributed by atoms with Gasteiger partial charge in [0.1, 0.15) is 12.4 Å². The molecule has 0 aliphatic rings. The summed E-state index contributed by atoms with van der Waals surface area (Å²) in [6.45, 7) is 13.5. The van der Waals surface area contributed by atoms with E-state index in [2.05, 4.69) is 36.5 Å². The Kier molecular flexibility index (Phi) is 33.8. The molecule has 46 heavy (non-hydrogen) atoms. The van der Waals surface area contributed by atoms with Crippen LogP contribution in [-0.4, -0.2) is 139 Å². The molecular weight excluding hydrogens is 594 g/mol. The standard InChI is InChI=1S/C35H65NO10/c1-3-4-5-6-7-8-9-34-10-12-35(13-11-34)46-33-32-45-31-30-44-29-28-43-27-26-42-25-24-41-23-22-40-21-20-39-19-18-38-17-16-37-15-14-36-2/h10-13,36H,3-9,14-33H2,1-2H3. The monoisotopic (exact) mass is 659 g/mol. The molecule has 0 aliphatic carbocycles. The van der Waals surface area contributed by atoms with Crippen LogP contribution in [-0.2, 0) is 49.1 Å². The first-order valence-corrected chi connectivity index (χ1v) is 17.4. The maximum absolute atomic E-state index is 5.77. The van der Waals surface area contributed by atoms with Crippen LogP contribution in [0, 0.1) is 0 Å². The third-order valence-electron chi connectivity index (χ3n) is 6.71. The first-order chi connectivity index (χ1) is 22.9. The minimum atomic E-state index is 0.523. The predicted octanol–water partition coefficient (Wildman–Crippen LogP) is 4.34. The van der Waals surface area contributed by atoms with E-state index in [1.165, 1.54) is 44.1 Å². The Labute approximate surface area is 279 Å². The summed E-state index contributed by atoms with van der Waals surface area (Å²) < 4.78 is 55.1. The molecule has 1 rings (SSSR count). The Bertz CT molecular complexity index is 713. The Morgan fingerprint density at radius 2 is 0.761 bits per heavy atom. The molecule has 0 fully saturated rings. The summed E-state index contributed by atoms with van der Waals surface area (Å²) >= 11 is 0. The van der Waals surface area contributed by atoms with E-state index < -0.39 is 0 Å². The molecule has 1 aromatic carbocycles. The molecule has 270 valence electrons. The fourth-order valence-electron chi connectivity index (χ4n) is 4.12. The maximum Gasteiger partial charge on any atom is 0.119 e. The highest BCUT2D eigenvalue weighted by molar-refractivity contribution is 5.27. The molecule has 0 aliphatic heterocycles. The minimum Gasteiger partial charge on any atom is -0.491 e. The lowest BCUT2D eigenvalue weighted by atomic mass is 10.0. The zero-order valence-electron chi connectivity index (χ0n) is 29.0. The summed E-state index contributed by atoms with van der Waals surface area (Å²) in [4.78, 5) is 0. The van der Waals surface area contributed by atoms with Gasteiger partial charge in [-0.25, -0.2) is 0 Å². The highest BCUT2D eigenvalue weighted by atomic mass is 16.6. The van der Waals surface area contributed by atoms with Gasteiger partial charge < -0.3 is 52.7 Å². The van der Waals surface area contributed by atoms with E-state index in [0.717, 1.165) is 18.7 Å². The summed E-state index contributed by atoms with van der Waals surface area (Å²) in [5, 5.41) is 3.02. The van der Waals surface area contributed by atoms with Crippen molar-refractivity contribution in [2.24, 2.45) is 0 Å². The van der Waals surface area contributed by atoms with E-state index >= 15 is 0 Å². The quantitative estimate of drug-likeness (QED) is 0.103. The van der Waals surface area contributed by atoms with Gasteiger partial charge in [-0.3, -0.25) is 0 Å². The highest BCUT2D eigenvalue weighted by Crippen LogP contribution is 2.15. The molecule has 0 aromatic heterocycles. The second kappa shape index (κ2) is 36.5. The summed E-state index contributed by atoms with van der Waals surface area (Å²) in [6, 6.07) is 8.44. The van der Waals surface area contributed by atoms with E-state index in [0.29, 0.717) is 126 Å². The van der Waals surface area contributed by atoms with Crippen molar-refractivity contribution in [3.05, 3.63) is 29.8 Å². The van der Waals surface area contributed by atoms with Crippen molar-refractivity contribution in [2.75, 3.05) is 139 Å². The lowest BCUT2D eigenvalue weighted by Crippen LogP contribution is -2.17. The van der Waals surface area contributed by atoms with Crippen LogP contribution in [0.5, 0.6) is 5.75 Å². The van der Waals surface area contributed by atoms with Crippen LogP contribution in [0.3, 0.4) is 0 Å². The summed E-state index contributed by atoms with van der Waals surface area (Å²) in [7, 11) is 1.90. The summed E-state index contributed by atoms with van der Waals surface area (Å²) in [5.41, 5.74) is 1.38. The zero-order valence-corrected chi connectivity index (χ0v) is 29.0. The van der Waals surface area contributed by atoms with Crippen LogP contribution in [0.15, 0.2) is 24.3 Å². The minimum absolute atomic E-state index is 0.523. The molecule has 0 bridgehead atoms. The van der Waals surface area contributed by atoms with Gasteiger partial charge in [-0.2, -0.15) is 0 Å². The SMILES string of the molecule is CCCCCCCCc1ccc(OCCOCCOCCOCCOCCOCCOCCOCCOCCOCCNC)cc1. The van der Waals surface area contributed by atoms with Gasteiger partial charge in [0.2, 0.25) is 0 Å². The van der Waals surface area contributed by atoms with Crippen LogP contribution in [0.2, 0.25) is 0 Å². The molecule has 11 nitrogen and oxygen atoms in total. The first kappa shape index (κ1) is 42.6. The third-order valence-corrected chi connectivity index (χ3v) is 6.71. The smallest absolute Gasteiger partial charge is 0.119 e. The van der Waals surface area contributed by atoms with Crippen LogP contribution in [0.25, 0.3) is 0 Å². The fraction of sp³-hybridized carbons (Fsp3) is 0.829. The first-order valence-electron chi connectivity index (χ1n) is 17.4. The van der Waals surface area contributed by atoms with Crippen molar-refractivity contribution in [1.82, 2.24) is 5.32 Å². The molecule has 0 saturated heterocycles. The number of aryl methyl sites for hydroxylation is 1. The van der Waals surface area contributed by atoms with Crippen LogP contribution < -0.4 is 10.1 Å². The van der Waals surface area contributed by atoms with Crippen molar-refractivity contribution in [1.29, 1.82) is 0 Å². The molecule has 0 saturated carbocycles. The number of rotatable bonds is 38. The number of likely N-dealkylation sites (N-methyl/N-ethyl adjacent to an activating group) is 1. The normalized spacial score (nSPS) is 11.4. The number of nitrogens with one attached hydrogen (secondary N) is 1. The average Bonchev–Trinajstić information content (AvgIpc) is 3.08.